The quantitative estimate of drug-likeness (QED) is 0.798. The van der Waals surface area contributed by atoms with E-state index in [9.17, 15) is 14.7 Å². The normalized spacial score (nSPS) is 17.2. The zero-order chi connectivity index (χ0) is 15.3. The molecule has 1 aromatic rings. The molecule has 21 heavy (non-hydrogen) atoms. The Morgan fingerprint density at radius 2 is 2.14 bits per heavy atom. The highest BCUT2D eigenvalue weighted by molar-refractivity contribution is 5.94. The first kappa shape index (κ1) is 15.5. The van der Waals surface area contributed by atoms with Crippen molar-refractivity contribution in [3.63, 3.8) is 0 Å². The molecule has 1 aliphatic heterocycles. The van der Waals surface area contributed by atoms with Crippen LogP contribution in [0.5, 0.6) is 0 Å². The molecule has 7 heteroatoms. The van der Waals surface area contributed by atoms with Gasteiger partial charge in [0.05, 0.1) is 18.4 Å². The highest BCUT2D eigenvalue weighted by Gasteiger charge is 2.32. The van der Waals surface area contributed by atoms with E-state index in [2.05, 4.69) is 5.32 Å². The van der Waals surface area contributed by atoms with Crippen molar-refractivity contribution >= 4 is 11.8 Å². The molecule has 0 unspecified atom stereocenters. The van der Waals surface area contributed by atoms with Crippen molar-refractivity contribution in [1.82, 2.24) is 10.2 Å². The fourth-order valence-corrected chi connectivity index (χ4v) is 2.22. The van der Waals surface area contributed by atoms with E-state index in [0.29, 0.717) is 26.1 Å². The van der Waals surface area contributed by atoms with Gasteiger partial charge in [-0.15, -0.1) is 0 Å². The molecular weight excluding hydrogens is 276 g/mol. The second-order valence-electron chi connectivity index (χ2n) is 5.25. The Balaban J connectivity index is 1.78. The third-order valence-corrected chi connectivity index (χ3v) is 3.53. The summed E-state index contributed by atoms with van der Waals surface area (Å²) in [5, 5.41) is 12.8. The van der Waals surface area contributed by atoms with Crippen molar-refractivity contribution in [3.8, 4) is 0 Å². The number of hydrogen-bond acceptors (Lipinski definition) is 5. The summed E-state index contributed by atoms with van der Waals surface area (Å²) in [4.78, 5) is 25.0. The van der Waals surface area contributed by atoms with Crippen molar-refractivity contribution in [3.05, 3.63) is 24.2 Å². The van der Waals surface area contributed by atoms with E-state index in [-0.39, 0.29) is 24.8 Å². The number of nitrogens with zero attached hydrogens (tertiary/aromatic N) is 1. The van der Waals surface area contributed by atoms with Crippen molar-refractivity contribution in [2.24, 2.45) is 0 Å². The second kappa shape index (κ2) is 6.73. The van der Waals surface area contributed by atoms with Crippen LogP contribution in [0.15, 0.2) is 22.8 Å². The average Bonchev–Trinajstić information content (AvgIpc) is 2.98. The van der Waals surface area contributed by atoms with Gasteiger partial charge >= 0.3 is 0 Å². The number of ether oxygens (including phenoxy) is 1. The lowest BCUT2D eigenvalue weighted by molar-refractivity contribution is -0.135. The first-order chi connectivity index (χ1) is 10.0. The third-order valence-electron chi connectivity index (χ3n) is 3.53. The Hall–Kier alpha value is -1.86. The highest BCUT2D eigenvalue weighted by Crippen LogP contribution is 2.21. The minimum atomic E-state index is -0.909. The van der Waals surface area contributed by atoms with Crippen molar-refractivity contribution < 1.29 is 23.8 Å². The molecule has 2 N–H and O–H groups in total. The van der Waals surface area contributed by atoms with Crippen LogP contribution in [-0.4, -0.2) is 60.8 Å². The lowest BCUT2D eigenvalue weighted by Gasteiger charge is -2.35. The van der Waals surface area contributed by atoms with Crippen molar-refractivity contribution in [2.45, 2.75) is 18.4 Å². The average molecular weight is 296 g/mol. The van der Waals surface area contributed by atoms with Gasteiger partial charge in [0.25, 0.3) is 5.91 Å². The molecule has 0 radical (unpaired) electrons. The SMILES string of the molecule is CN(CC1(O)CCOCC1)C(=O)CNC(=O)c1ccco1. The Kier molecular flexibility index (Phi) is 4.98. The molecule has 0 aromatic carbocycles. The minimum Gasteiger partial charge on any atom is -0.459 e. The Morgan fingerprint density at radius 3 is 2.76 bits per heavy atom. The number of aliphatic hydroxyl groups is 1. The van der Waals surface area contributed by atoms with Crippen LogP contribution in [0.2, 0.25) is 0 Å². The van der Waals surface area contributed by atoms with E-state index in [1.165, 1.54) is 17.2 Å². The van der Waals surface area contributed by atoms with Gasteiger partial charge in [-0.1, -0.05) is 0 Å². The molecule has 0 bridgehead atoms. The van der Waals surface area contributed by atoms with Gasteiger partial charge in [0.15, 0.2) is 5.76 Å². The summed E-state index contributed by atoms with van der Waals surface area (Å²) >= 11 is 0. The Bertz CT molecular complexity index is 480. The standard InChI is InChI=1S/C14H20N2O5/c1-16(10-14(19)4-7-20-8-5-14)12(17)9-15-13(18)11-3-2-6-21-11/h2-3,6,19H,4-5,7-10H2,1H3,(H,15,18). The van der Waals surface area contributed by atoms with Crippen LogP contribution in [0.4, 0.5) is 0 Å². The van der Waals surface area contributed by atoms with Crippen molar-refractivity contribution in [1.29, 1.82) is 0 Å². The number of nitrogens with one attached hydrogen (secondary N) is 1. The zero-order valence-electron chi connectivity index (χ0n) is 12.0. The largest absolute Gasteiger partial charge is 0.459 e. The zero-order valence-corrected chi connectivity index (χ0v) is 12.0. The van der Waals surface area contributed by atoms with Crippen LogP contribution >= 0.6 is 0 Å². The minimum absolute atomic E-state index is 0.136. The predicted molar refractivity (Wildman–Crippen MR) is 73.7 cm³/mol. The number of rotatable bonds is 5. The summed E-state index contributed by atoms with van der Waals surface area (Å²) in [6.07, 6.45) is 2.40. The van der Waals surface area contributed by atoms with Crippen LogP contribution in [-0.2, 0) is 9.53 Å². The molecule has 1 aliphatic rings. The Labute approximate surface area is 122 Å². The molecular formula is C14H20N2O5. The summed E-state index contributed by atoms with van der Waals surface area (Å²) in [6.45, 7) is 1.08. The van der Waals surface area contributed by atoms with Gasteiger partial charge in [0.1, 0.15) is 0 Å². The predicted octanol–water partition coefficient (Wildman–Crippen LogP) is 0.00930. The number of amides is 2. The number of hydrogen-bond donors (Lipinski definition) is 2. The lowest BCUT2D eigenvalue weighted by atomic mass is 9.94. The molecule has 0 atom stereocenters. The van der Waals surface area contributed by atoms with Crippen LogP contribution in [0.1, 0.15) is 23.4 Å². The van der Waals surface area contributed by atoms with Crippen LogP contribution in [0.3, 0.4) is 0 Å². The first-order valence-corrected chi connectivity index (χ1v) is 6.86. The van der Waals surface area contributed by atoms with Crippen LogP contribution in [0, 0.1) is 0 Å². The van der Waals surface area contributed by atoms with E-state index in [1.54, 1.807) is 13.1 Å². The molecule has 2 rings (SSSR count). The lowest BCUT2D eigenvalue weighted by Crippen LogP contribution is -2.49. The molecule has 116 valence electrons. The fraction of sp³-hybridized carbons (Fsp3) is 0.571. The monoisotopic (exact) mass is 296 g/mol. The topological polar surface area (TPSA) is 92.0 Å². The maximum absolute atomic E-state index is 12.0. The van der Waals surface area contributed by atoms with Gasteiger partial charge in [-0.05, 0) is 12.1 Å². The summed E-state index contributed by atoms with van der Waals surface area (Å²) in [5.41, 5.74) is -0.909. The fourth-order valence-electron chi connectivity index (χ4n) is 2.22. The highest BCUT2D eigenvalue weighted by atomic mass is 16.5. The van der Waals surface area contributed by atoms with Gasteiger partial charge in [0, 0.05) is 39.6 Å². The summed E-state index contributed by atoms with van der Waals surface area (Å²) < 4.78 is 10.1. The summed E-state index contributed by atoms with van der Waals surface area (Å²) in [6, 6.07) is 3.12. The van der Waals surface area contributed by atoms with Crippen LogP contribution < -0.4 is 5.32 Å². The molecule has 1 saturated heterocycles. The van der Waals surface area contributed by atoms with E-state index in [1.807, 2.05) is 0 Å². The number of carbonyl (C=O) groups is 2. The number of furan rings is 1. The second-order valence-corrected chi connectivity index (χ2v) is 5.25. The number of likely N-dealkylation sites (N-methyl/N-ethyl adjacent to an activating group) is 1. The summed E-state index contributed by atoms with van der Waals surface area (Å²) in [5.74, 6) is -0.546. The maximum Gasteiger partial charge on any atom is 0.287 e. The van der Waals surface area contributed by atoms with Crippen molar-refractivity contribution in [2.75, 3.05) is 33.4 Å². The Morgan fingerprint density at radius 1 is 1.43 bits per heavy atom. The van der Waals surface area contributed by atoms with Gasteiger partial charge in [0.2, 0.25) is 5.91 Å². The summed E-state index contributed by atoms with van der Waals surface area (Å²) in [7, 11) is 1.61. The molecule has 0 saturated carbocycles. The molecule has 7 nitrogen and oxygen atoms in total. The molecule has 2 amide bonds. The first-order valence-electron chi connectivity index (χ1n) is 6.86. The molecule has 1 aromatic heterocycles. The maximum atomic E-state index is 12.0. The van der Waals surface area contributed by atoms with Gasteiger partial charge in [-0.25, -0.2) is 0 Å². The molecule has 0 aliphatic carbocycles. The van der Waals surface area contributed by atoms with E-state index in [4.69, 9.17) is 9.15 Å². The van der Waals surface area contributed by atoms with E-state index in [0.717, 1.165) is 0 Å². The van der Waals surface area contributed by atoms with Gasteiger partial charge in [-0.3, -0.25) is 9.59 Å². The molecule has 0 spiro atoms. The smallest absolute Gasteiger partial charge is 0.287 e. The third kappa shape index (κ3) is 4.30. The number of carbonyl (C=O) groups excluding carboxylic acids is 2. The van der Waals surface area contributed by atoms with Gasteiger partial charge in [-0.2, -0.15) is 0 Å². The van der Waals surface area contributed by atoms with Crippen LogP contribution in [0.25, 0.3) is 0 Å². The molecule has 1 fully saturated rings. The van der Waals surface area contributed by atoms with E-state index >= 15 is 0 Å². The van der Waals surface area contributed by atoms with E-state index < -0.39 is 11.5 Å². The van der Waals surface area contributed by atoms with Gasteiger partial charge < -0.3 is 24.5 Å². The molecule has 2 heterocycles.